The van der Waals surface area contributed by atoms with E-state index in [-0.39, 0.29) is 25.3 Å². The molecule has 1 saturated heterocycles. The molecule has 0 radical (unpaired) electrons. The molecular weight excluding hydrogens is 290 g/mol. The van der Waals surface area contributed by atoms with Crippen LogP contribution in [0.15, 0.2) is 24.3 Å². The number of phenolic OH excluding ortho intramolecular Hbond substituents is 1. The second kappa shape index (κ2) is 6.44. The maximum Gasteiger partial charge on any atom is 0.326 e. The van der Waals surface area contributed by atoms with E-state index in [2.05, 4.69) is 5.32 Å². The smallest absolute Gasteiger partial charge is 0.326 e. The molecule has 0 aliphatic carbocycles. The number of nitrogens with zero attached hydrogens (tertiary/aromatic N) is 1. The lowest BCUT2D eigenvalue weighted by molar-refractivity contribution is -0.147. The SMILES string of the molecule is NCC(=O)N1C[C@H](NC(=O)c2ccc(O)cc2)C[C@H]1C(=O)O. The topological polar surface area (TPSA) is 133 Å². The van der Waals surface area contributed by atoms with Gasteiger partial charge in [-0.1, -0.05) is 0 Å². The minimum atomic E-state index is -1.12. The van der Waals surface area contributed by atoms with Crippen molar-refractivity contribution in [3.63, 3.8) is 0 Å². The number of amides is 2. The third kappa shape index (κ3) is 3.34. The lowest BCUT2D eigenvalue weighted by Gasteiger charge is -2.20. The summed E-state index contributed by atoms with van der Waals surface area (Å²) in [5, 5.41) is 21.0. The number of hydrogen-bond acceptors (Lipinski definition) is 5. The molecule has 0 aromatic heterocycles. The van der Waals surface area contributed by atoms with E-state index in [4.69, 9.17) is 10.8 Å². The summed E-state index contributed by atoms with van der Waals surface area (Å²) in [6.45, 7) is -0.167. The van der Waals surface area contributed by atoms with Crippen LogP contribution in [0.5, 0.6) is 5.75 Å². The number of nitrogens with two attached hydrogens (primary N) is 1. The average Bonchev–Trinajstić information content (AvgIpc) is 2.91. The highest BCUT2D eigenvalue weighted by molar-refractivity contribution is 5.94. The normalized spacial score (nSPS) is 20.7. The van der Waals surface area contributed by atoms with Crippen LogP contribution in [0.3, 0.4) is 0 Å². The van der Waals surface area contributed by atoms with Gasteiger partial charge in [0.15, 0.2) is 0 Å². The number of nitrogens with one attached hydrogen (secondary N) is 1. The zero-order chi connectivity index (χ0) is 16.3. The molecule has 0 spiro atoms. The first kappa shape index (κ1) is 15.8. The minimum Gasteiger partial charge on any atom is -0.508 e. The summed E-state index contributed by atoms with van der Waals surface area (Å²) in [5.74, 6) is -1.93. The lowest BCUT2D eigenvalue weighted by Crippen LogP contribution is -2.44. The van der Waals surface area contributed by atoms with Crippen LogP contribution in [-0.4, -0.2) is 58.1 Å². The summed E-state index contributed by atoms with van der Waals surface area (Å²) < 4.78 is 0. The number of aliphatic carboxylic acids is 1. The fourth-order valence-corrected chi connectivity index (χ4v) is 2.45. The molecule has 5 N–H and O–H groups in total. The van der Waals surface area contributed by atoms with Crippen molar-refractivity contribution in [3.05, 3.63) is 29.8 Å². The fourth-order valence-electron chi connectivity index (χ4n) is 2.45. The van der Waals surface area contributed by atoms with Crippen LogP contribution in [0.2, 0.25) is 0 Å². The monoisotopic (exact) mass is 307 g/mol. The molecule has 118 valence electrons. The molecule has 0 bridgehead atoms. The Kier molecular flexibility index (Phi) is 4.62. The summed E-state index contributed by atoms with van der Waals surface area (Å²) in [6, 6.07) is 4.23. The number of carboxylic acid groups (broad SMARTS) is 1. The van der Waals surface area contributed by atoms with Crippen molar-refractivity contribution in [3.8, 4) is 5.75 Å². The highest BCUT2D eigenvalue weighted by Crippen LogP contribution is 2.19. The van der Waals surface area contributed by atoms with Crippen LogP contribution < -0.4 is 11.1 Å². The first-order valence-electron chi connectivity index (χ1n) is 6.74. The number of likely N-dealkylation sites (tertiary alicyclic amines) is 1. The first-order chi connectivity index (χ1) is 10.4. The van der Waals surface area contributed by atoms with Gasteiger partial charge in [-0.2, -0.15) is 0 Å². The standard InChI is InChI=1S/C14H17N3O5/c15-6-12(19)17-7-9(5-11(17)14(21)22)16-13(20)8-1-3-10(18)4-2-8/h1-4,9,11,18H,5-7,15H2,(H,16,20)(H,21,22)/t9-,11+/m1/s1. The first-order valence-corrected chi connectivity index (χ1v) is 6.74. The fraction of sp³-hybridized carbons (Fsp3) is 0.357. The number of rotatable bonds is 4. The van der Waals surface area contributed by atoms with Crippen LogP contribution in [0.4, 0.5) is 0 Å². The Morgan fingerprint density at radius 1 is 1.27 bits per heavy atom. The van der Waals surface area contributed by atoms with Gasteiger partial charge in [-0.05, 0) is 24.3 Å². The summed E-state index contributed by atoms with van der Waals surface area (Å²) >= 11 is 0. The van der Waals surface area contributed by atoms with Crippen molar-refractivity contribution >= 4 is 17.8 Å². The predicted molar refractivity (Wildman–Crippen MR) is 76.2 cm³/mol. The molecule has 1 fully saturated rings. The van der Waals surface area contributed by atoms with Gasteiger partial charge in [-0.3, -0.25) is 9.59 Å². The van der Waals surface area contributed by atoms with Gasteiger partial charge < -0.3 is 26.2 Å². The van der Waals surface area contributed by atoms with Gasteiger partial charge in [0.1, 0.15) is 11.8 Å². The van der Waals surface area contributed by atoms with Gasteiger partial charge in [0.25, 0.3) is 5.91 Å². The number of benzene rings is 1. The van der Waals surface area contributed by atoms with Crippen molar-refractivity contribution in [2.24, 2.45) is 5.73 Å². The number of carbonyl (C=O) groups excluding carboxylic acids is 2. The van der Waals surface area contributed by atoms with E-state index >= 15 is 0 Å². The minimum absolute atomic E-state index is 0.0445. The summed E-state index contributed by atoms with van der Waals surface area (Å²) in [6.07, 6.45) is 0.130. The molecule has 2 atom stereocenters. The predicted octanol–water partition coefficient (Wildman–Crippen LogP) is -0.865. The third-order valence-electron chi connectivity index (χ3n) is 3.55. The van der Waals surface area contributed by atoms with Crippen LogP contribution in [0.1, 0.15) is 16.8 Å². The van der Waals surface area contributed by atoms with Gasteiger partial charge >= 0.3 is 5.97 Å². The van der Waals surface area contributed by atoms with E-state index < -0.39 is 29.9 Å². The van der Waals surface area contributed by atoms with Gasteiger partial charge in [0.05, 0.1) is 6.54 Å². The molecule has 1 aliphatic rings. The molecule has 2 rings (SSSR count). The molecule has 1 aromatic carbocycles. The number of aromatic hydroxyl groups is 1. The van der Waals surface area contributed by atoms with Gasteiger partial charge in [0, 0.05) is 24.6 Å². The van der Waals surface area contributed by atoms with Crippen molar-refractivity contribution in [1.82, 2.24) is 10.2 Å². The van der Waals surface area contributed by atoms with Crippen molar-refractivity contribution in [1.29, 1.82) is 0 Å². The van der Waals surface area contributed by atoms with Gasteiger partial charge in [-0.15, -0.1) is 0 Å². The molecule has 0 saturated carbocycles. The van der Waals surface area contributed by atoms with E-state index in [1.807, 2.05) is 0 Å². The number of carbonyl (C=O) groups is 3. The van der Waals surface area contributed by atoms with E-state index in [0.717, 1.165) is 0 Å². The molecular formula is C14H17N3O5. The lowest BCUT2D eigenvalue weighted by atomic mass is 10.1. The highest BCUT2D eigenvalue weighted by atomic mass is 16.4. The van der Waals surface area contributed by atoms with E-state index in [9.17, 15) is 19.5 Å². The summed E-state index contributed by atoms with van der Waals surface area (Å²) in [7, 11) is 0. The van der Waals surface area contributed by atoms with Crippen LogP contribution in [0.25, 0.3) is 0 Å². The highest BCUT2D eigenvalue weighted by Gasteiger charge is 2.39. The van der Waals surface area contributed by atoms with E-state index in [0.29, 0.717) is 5.56 Å². The largest absolute Gasteiger partial charge is 0.508 e. The van der Waals surface area contributed by atoms with Crippen molar-refractivity contribution < 1.29 is 24.6 Å². The second-order valence-electron chi connectivity index (χ2n) is 5.06. The second-order valence-corrected chi connectivity index (χ2v) is 5.06. The molecule has 1 heterocycles. The summed E-state index contributed by atoms with van der Waals surface area (Å²) in [4.78, 5) is 36.1. The van der Waals surface area contributed by atoms with Crippen molar-refractivity contribution in [2.75, 3.05) is 13.1 Å². The van der Waals surface area contributed by atoms with E-state index in [1.54, 1.807) is 0 Å². The molecule has 1 aromatic rings. The van der Waals surface area contributed by atoms with E-state index in [1.165, 1.54) is 29.2 Å². The van der Waals surface area contributed by atoms with Gasteiger partial charge in [-0.25, -0.2) is 4.79 Å². The van der Waals surface area contributed by atoms with Crippen LogP contribution in [0, 0.1) is 0 Å². The Morgan fingerprint density at radius 3 is 2.45 bits per heavy atom. The Balaban J connectivity index is 2.04. The third-order valence-corrected chi connectivity index (χ3v) is 3.55. The summed E-state index contributed by atoms with van der Waals surface area (Å²) in [5.41, 5.74) is 5.61. The Hall–Kier alpha value is -2.61. The Bertz CT molecular complexity index is 587. The Morgan fingerprint density at radius 2 is 1.91 bits per heavy atom. The quantitative estimate of drug-likeness (QED) is 0.572. The zero-order valence-corrected chi connectivity index (χ0v) is 11.7. The molecule has 1 aliphatic heterocycles. The average molecular weight is 307 g/mol. The maximum absolute atomic E-state index is 12.1. The van der Waals surface area contributed by atoms with Crippen molar-refractivity contribution in [2.45, 2.75) is 18.5 Å². The van der Waals surface area contributed by atoms with Crippen LogP contribution >= 0.6 is 0 Å². The Labute approximate surface area is 126 Å². The zero-order valence-electron chi connectivity index (χ0n) is 11.7. The molecule has 22 heavy (non-hydrogen) atoms. The number of hydrogen-bond donors (Lipinski definition) is 4. The maximum atomic E-state index is 12.1. The number of carboxylic acids is 1. The molecule has 8 heteroatoms. The number of phenols is 1. The molecule has 8 nitrogen and oxygen atoms in total. The van der Waals surface area contributed by atoms with Crippen LogP contribution in [-0.2, 0) is 9.59 Å². The molecule has 2 amide bonds. The molecule has 0 unspecified atom stereocenters. The van der Waals surface area contributed by atoms with Gasteiger partial charge in [0.2, 0.25) is 5.91 Å².